The van der Waals surface area contributed by atoms with Gasteiger partial charge in [0.1, 0.15) is 5.75 Å². The molecule has 0 unspecified atom stereocenters. The zero-order valence-electron chi connectivity index (χ0n) is 9.05. The number of amides is 1. The average Bonchev–Trinajstić information content (AvgIpc) is 2.21. The first-order valence-electron chi connectivity index (χ1n) is 4.73. The second-order valence-electron chi connectivity index (χ2n) is 4.13. The zero-order valence-corrected chi connectivity index (χ0v) is 12.8. The molecule has 0 fully saturated rings. The molecule has 0 aliphatic carbocycles. The Balaban J connectivity index is 2.93. The lowest BCUT2D eigenvalue weighted by Gasteiger charge is -2.23. The number of phenols is 1. The quantitative estimate of drug-likeness (QED) is 0.608. The number of hydrogen-bond donors (Lipinski definition) is 2. The van der Waals surface area contributed by atoms with Gasteiger partial charge in [-0.3, -0.25) is 4.79 Å². The van der Waals surface area contributed by atoms with Gasteiger partial charge >= 0.3 is 0 Å². The minimum atomic E-state index is -0.342. The van der Waals surface area contributed by atoms with Crippen molar-refractivity contribution in [1.29, 1.82) is 0 Å². The van der Waals surface area contributed by atoms with Crippen LogP contribution in [0.4, 0.5) is 0 Å². The maximum absolute atomic E-state index is 11.9. The number of hydrogen-bond acceptors (Lipinski definition) is 2. The van der Waals surface area contributed by atoms with Gasteiger partial charge in [-0.25, -0.2) is 0 Å². The Hall–Kier alpha value is -0.300. The van der Waals surface area contributed by atoms with E-state index < -0.39 is 0 Å². The van der Waals surface area contributed by atoms with Crippen LogP contribution in [0.5, 0.6) is 5.75 Å². The summed E-state index contributed by atoms with van der Waals surface area (Å²) in [7, 11) is 0. The number of rotatable bonds is 3. The van der Waals surface area contributed by atoms with Gasteiger partial charge in [0.05, 0.1) is 5.56 Å². The zero-order chi connectivity index (χ0) is 12.3. The van der Waals surface area contributed by atoms with Gasteiger partial charge in [-0.15, -0.1) is 0 Å². The second kappa shape index (κ2) is 5.35. The van der Waals surface area contributed by atoms with Crippen LogP contribution in [-0.4, -0.2) is 21.9 Å². The van der Waals surface area contributed by atoms with Crippen molar-refractivity contribution >= 4 is 44.4 Å². The number of carbonyl (C=O) groups excluding carboxylic acids is 1. The number of carbonyl (C=O) groups is 1. The highest BCUT2D eigenvalue weighted by Gasteiger charge is 2.21. The number of aromatic hydroxyl groups is 1. The number of benzene rings is 1. The molecule has 16 heavy (non-hydrogen) atoms. The predicted octanol–water partition coefficient (Wildman–Crippen LogP) is 2.90. The summed E-state index contributed by atoms with van der Waals surface area (Å²) in [5.74, 6) is -0.260. The van der Waals surface area contributed by atoms with Crippen molar-refractivity contribution in [2.75, 3.05) is 5.33 Å². The molecule has 1 rings (SSSR count). The molecule has 0 aliphatic rings. The summed E-state index contributed by atoms with van der Waals surface area (Å²) in [6.07, 6.45) is 0. The van der Waals surface area contributed by atoms with Crippen LogP contribution < -0.4 is 5.32 Å². The first-order chi connectivity index (χ1) is 7.35. The third kappa shape index (κ3) is 3.62. The van der Waals surface area contributed by atoms with E-state index in [0.29, 0.717) is 10.9 Å². The molecule has 0 spiro atoms. The summed E-state index contributed by atoms with van der Waals surface area (Å²) < 4.78 is 0.914. The van der Waals surface area contributed by atoms with Crippen LogP contribution in [0.25, 0.3) is 0 Å². The fraction of sp³-hybridized carbons (Fsp3) is 0.364. The monoisotopic (exact) mass is 397 g/mol. The largest absolute Gasteiger partial charge is 0.507 e. The van der Waals surface area contributed by atoms with E-state index in [0.717, 1.165) is 3.57 Å². The van der Waals surface area contributed by atoms with Crippen molar-refractivity contribution in [3.05, 3.63) is 27.3 Å². The van der Waals surface area contributed by atoms with Crippen LogP contribution in [-0.2, 0) is 0 Å². The molecule has 3 nitrogen and oxygen atoms in total. The first-order valence-corrected chi connectivity index (χ1v) is 6.93. The Morgan fingerprint density at radius 3 is 2.75 bits per heavy atom. The molecule has 1 aromatic rings. The van der Waals surface area contributed by atoms with E-state index in [1.54, 1.807) is 12.1 Å². The molecule has 0 saturated carbocycles. The normalized spacial score (nSPS) is 11.2. The summed E-state index contributed by atoms with van der Waals surface area (Å²) >= 11 is 5.43. The van der Waals surface area contributed by atoms with E-state index in [1.807, 2.05) is 13.8 Å². The van der Waals surface area contributed by atoms with E-state index in [-0.39, 0.29) is 17.2 Å². The fourth-order valence-electron chi connectivity index (χ4n) is 1.10. The smallest absolute Gasteiger partial charge is 0.255 e. The van der Waals surface area contributed by atoms with Crippen LogP contribution in [0.15, 0.2) is 18.2 Å². The molecule has 1 amide bonds. The van der Waals surface area contributed by atoms with Crippen LogP contribution in [0.2, 0.25) is 0 Å². The lowest BCUT2D eigenvalue weighted by molar-refractivity contribution is 0.0918. The van der Waals surface area contributed by atoms with E-state index in [9.17, 15) is 9.90 Å². The highest BCUT2D eigenvalue weighted by Crippen LogP contribution is 2.20. The number of phenolic OH excluding ortho intramolecular Hbond substituents is 1. The molecule has 0 atom stereocenters. The van der Waals surface area contributed by atoms with Crippen molar-refractivity contribution in [2.24, 2.45) is 0 Å². The molecule has 2 N–H and O–H groups in total. The van der Waals surface area contributed by atoms with Gasteiger partial charge in [0.25, 0.3) is 5.91 Å². The van der Waals surface area contributed by atoms with Crippen molar-refractivity contribution in [3.8, 4) is 5.75 Å². The molecular formula is C11H13BrINO2. The van der Waals surface area contributed by atoms with E-state index in [4.69, 9.17) is 0 Å². The van der Waals surface area contributed by atoms with Gasteiger partial charge in [-0.05, 0) is 54.6 Å². The summed E-state index contributed by atoms with van der Waals surface area (Å²) in [6, 6.07) is 4.94. The van der Waals surface area contributed by atoms with Crippen LogP contribution in [0.1, 0.15) is 24.2 Å². The Bertz CT molecular complexity index is 407. The van der Waals surface area contributed by atoms with Gasteiger partial charge in [-0.1, -0.05) is 15.9 Å². The lowest BCUT2D eigenvalue weighted by atomic mass is 10.1. The topological polar surface area (TPSA) is 49.3 Å². The summed E-state index contributed by atoms with van der Waals surface area (Å²) in [4.78, 5) is 11.9. The molecule has 0 aromatic heterocycles. The van der Waals surface area contributed by atoms with E-state index >= 15 is 0 Å². The molecule has 0 bridgehead atoms. The van der Waals surface area contributed by atoms with Crippen molar-refractivity contribution in [1.82, 2.24) is 5.32 Å². The lowest BCUT2D eigenvalue weighted by Crippen LogP contribution is -2.44. The average molecular weight is 398 g/mol. The number of alkyl halides is 1. The van der Waals surface area contributed by atoms with Crippen LogP contribution >= 0.6 is 38.5 Å². The maximum Gasteiger partial charge on any atom is 0.255 e. The van der Waals surface area contributed by atoms with E-state index in [1.165, 1.54) is 6.07 Å². The minimum absolute atomic E-state index is 0.00304. The third-order valence-corrected chi connectivity index (χ3v) is 4.06. The molecule has 0 aliphatic heterocycles. The van der Waals surface area contributed by atoms with E-state index in [2.05, 4.69) is 43.8 Å². The summed E-state index contributed by atoms with van der Waals surface area (Å²) in [5, 5.41) is 13.1. The molecular weight excluding hydrogens is 385 g/mol. The second-order valence-corrected chi connectivity index (χ2v) is 5.94. The molecule has 0 saturated heterocycles. The summed E-state index contributed by atoms with van der Waals surface area (Å²) in [6.45, 7) is 3.81. The van der Waals surface area contributed by atoms with Gasteiger partial charge in [0, 0.05) is 14.4 Å². The highest BCUT2D eigenvalue weighted by atomic mass is 127. The molecule has 88 valence electrons. The third-order valence-electron chi connectivity index (χ3n) is 1.99. The summed E-state index contributed by atoms with van der Waals surface area (Å²) in [5.41, 5.74) is -0.0360. The molecule has 1 aromatic carbocycles. The van der Waals surface area contributed by atoms with Gasteiger partial charge in [0.15, 0.2) is 0 Å². The Morgan fingerprint density at radius 1 is 1.56 bits per heavy atom. The maximum atomic E-state index is 11.9. The fourth-order valence-corrected chi connectivity index (χ4v) is 1.73. The number of nitrogens with one attached hydrogen (secondary N) is 1. The van der Waals surface area contributed by atoms with Crippen molar-refractivity contribution in [3.63, 3.8) is 0 Å². The minimum Gasteiger partial charge on any atom is -0.507 e. The highest BCUT2D eigenvalue weighted by molar-refractivity contribution is 14.1. The standard InChI is InChI=1S/C11H13BrINO2/c1-11(2,6-12)14-10(16)8-5-7(13)3-4-9(8)15/h3-5,15H,6H2,1-2H3,(H,14,16). The Labute approximate surface area is 117 Å². The van der Waals surface area contributed by atoms with Crippen LogP contribution in [0.3, 0.4) is 0 Å². The molecule has 0 heterocycles. The first kappa shape index (κ1) is 13.8. The number of halogens is 2. The van der Waals surface area contributed by atoms with Crippen LogP contribution in [0, 0.1) is 3.57 Å². The Morgan fingerprint density at radius 2 is 2.19 bits per heavy atom. The van der Waals surface area contributed by atoms with Gasteiger partial charge < -0.3 is 10.4 Å². The Kier molecular flexibility index (Phi) is 4.61. The molecule has 0 radical (unpaired) electrons. The van der Waals surface area contributed by atoms with Gasteiger partial charge in [0.2, 0.25) is 0 Å². The van der Waals surface area contributed by atoms with Crippen molar-refractivity contribution < 1.29 is 9.90 Å². The molecule has 5 heteroatoms. The SMILES string of the molecule is CC(C)(CBr)NC(=O)c1cc(I)ccc1O. The predicted molar refractivity (Wildman–Crippen MR) is 76.2 cm³/mol. The van der Waals surface area contributed by atoms with Crippen molar-refractivity contribution in [2.45, 2.75) is 19.4 Å². The van der Waals surface area contributed by atoms with Gasteiger partial charge in [-0.2, -0.15) is 0 Å².